The van der Waals surface area contributed by atoms with E-state index >= 15 is 0 Å². The Morgan fingerprint density at radius 1 is 1.30 bits per heavy atom. The van der Waals surface area contributed by atoms with Crippen molar-refractivity contribution in [3.05, 3.63) is 29.8 Å². The molecule has 1 saturated heterocycles. The minimum atomic E-state index is -3.42. The molecule has 3 N–H and O–H groups in total. The molecule has 2 rings (SSSR count). The lowest BCUT2D eigenvalue weighted by Crippen LogP contribution is -2.35. The monoisotopic (exact) mass is 510 g/mol. The van der Waals surface area contributed by atoms with Crippen LogP contribution in [0.4, 0.5) is 0 Å². The first-order valence-corrected chi connectivity index (χ1v) is 10.7. The standard InChI is InChI=1S/C18H30N4O3S.HI/c1-2-25-13-7-10-20-18(19)21-15-16-8-6-9-17(14-16)26(23,24)22-11-4-3-5-12-22;/h6,8-9,14H,2-5,7,10-13,15H2,1H3,(H3,19,20,21);1H. The fraction of sp³-hybridized carbons (Fsp3) is 0.611. The summed E-state index contributed by atoms with van der Waals surface area (Å²) in [5.74, 6) is 0.353. The van der Waals surface area contributed by atoms with Gasteiger partial charge in [0.25, 0.3) is 0 Å². The second-order valence-corrected chi connectivity index (χ2v) is 8.23. The van der Waals surface area contributed by atoms with Crippen LogP contribution in [0.2, 0.25) is 0 Å². The van der Waals surface area contributed by atoms with E-state index < -0.39 is 10.0 Å². The van der Waals surface area contributed by atoms with Crippen molar-refractivity contribution in [1.82, 2.24) is 9.62 Å². The van der Waals surface area contributed by atoms with Crippen molar-refractivity contribution in [2.45, 2.75) is 44.0 Å². The van der Waals surface area contributed by atoms with Crippen molar-refractivity contribution in [2.24, 2.45) is 10.7 Å². The maximum absolute atomic E-state index is 12.7. The molecule has 0 spiro atoms. The van der Waals surface area contributed by atoms with Crippen LogP contribution < -0.4 is 11.1 Å². The molecule has 9 heteroatoms. The summed E-state index contributed by atoms with van der Waals surface area (Å²) < 4.78 is 32.3. The maximum atomic E-state index is 12.7. The minimum absolute atomic E-state index is 0. The Morgan fingerprint density at radius 3 is 2.74 bits per heavy atom. The van der Waals surface area contributed by atoms with Gasteiger partial charge in [-0.1, -0.05) is 18.6 Å². The van der Waals surface area contributed by atoms with E-state index in [-0.39, 0.29) is 24.0 Å². The van der Waals surface area contributed by atoms with E-state index in [4.69, 9.17) is 10.5 Å². The number of halogens is 1. The van der Waals surface area contributed by atoms with Crippen molar-refractivity contribution in [2.75, 3.05) is 32.8 Å². The van der Waals surface area contributed by atoms with Crippen LogP contribution in [0.1, 0.15) is 38.2 Å². The van der Waals surface area contributed by atoms with E-state index in [1.807, 2.05) is 13.0 Å². The number of nitrogens with two attached hydrogens (primary N) is 1. The lowest BCUT2D eigenvalue weighted by Gasteiger charge is -2.26. The van der Waals surface area contributed by atoms with Crippen molar-refractivity contribution < 1.29 is 13.2 Å². The van der Waals surface area contributed by atoms with Crippen LogP contribution in [0.15, 0.2) is 34.2 Å². The summed E-state index contributed by atoms with van der Waals surface area (Å²) in [6.07, 6.45) is 3.80. The second kappa shape index (κ2) is 12.5. The third kappa shape index (κ3) is 7.92. The minimum Gasteiger partial charge on any atom is -0.382 e. The number of ether oxygens (including phenoxy) is 1. The molecule has 0 atom stereocenters. The molecule has 0 amide bonds. The molecule has 1 aromatic rings. The second-order valence-electron chi connectivity index (χ2n) is 6.29. The molecule has 1 aliphatic heterocycles. The fourth-order valence-corrected chi connectivity index (χ4v) is 4.41. The van der Waals surface area contributed by atoms with Crippen molar-refractivity contribution in [1.29, 1.82) is 0 Å². The highest BCUT2D eigenvalue weighted by Gasteiger charge is 2.25. The molecule has 0 radical (unpaired) electrons. The van der Waals surface area contributed by atoms with Crippen molar-refractivity contribution >= 4 is 40.0 Å². The van der Waals surface area contributed by atoms with Crippen molar-refractivity contribution in [3.8, 4) is 0 Å². The van der Waals surface area contributed by atoms with Crippen LogP contribution in [-0.4, -0.2) is 51.5 Å². The van der Waals surface area contributed by atoms with Crippen LogP contribution >= 0.6 is 24.0 Å². The number of hydrogen-bond donors (Lipinski definition) is 2. The predicted octanol–water partition coefficient (Wildman–Crippen LogP) is 2.31. The molecule has 0 aliphatic carbocycles. The van der Waals surface area contributed by atoms with E-state index in [1.54, 1.807) is 22.5 Å². The molecule has 0 saturated carbocycles. The highest BCUT2D eigenvalue weighted by Crippen LogP contribution is 2.21. The third-order valence-electron chi connectivity index (χ3n) is 4.26. The zero-order valence-electron chi connectivity index (χ0n) is 15.9. The van der Waals surface area contributed by atoms with E-state index in [0.29, 0.717) is 50.2 Å². The number of hydrogen-bond acceptors (Lipinski definition) is 4. The van der Waals surface area contributed by atoms with Crippen LogP contribution in [0, 0.1) is 0 Å². The molecule has 154 valence electrons. The Labute approximate surface area is 179 Å². The van der Waals surface area contributed by atoms with Gasteiger partial charge in [0.05, 0.1) is 11.4 Å². The first-order valence-electron chi connectivity index (χ1n) is 9.24. The van der Waals surface area contributed by atoms with E-state index in [2.05, 4.69) is 10.3 Å². The summed E-state index contributed by atoms with van der Waals surface area (Å²) in [6.45, 7) is 5.59. The Hall–Kier alpha value is -0.910. The molecular formula is C18H31IN4O3S. The number of sulfonamides is 1. The number of benzene rings is 1. The largest absolute Gasteiger partial charge is 0.382 e. The smallest absolute Gasteiger partial charge is 0.243 e. The Balaban J connectivity index is 0.00000364. The molecule has 1 fully saturated rings. The van der Waals surface area contributed by atoms with E-state index in [9.17, 15) is 8.42 Å². The molecule has 27 heavy (non-hydrogen) atoms. The number of piperidine rings is 1. The average Bonchev–Trinajstić information content (AvgIpc) is 2.67. The third-order valence-corrected chi connectivity index (χ3v) is 6.15. The van der Waals surface area contributed by atoms with Gasteiger partial charge in [-0.25, -0.2) is 13.4 Å². The van der Waals surface area contributed by atoms with Crippen LogP contribution in [0.3, 0.4) is 0 Å². The first-order chi connectivity index (χ1) is 12.5. The van der Waals surface area contributed by atoms with Crippen LogP contribution in [0.5, 0.6) is 0 Å². The lowest BCUT2D eigenvalue weighted by molar-refractivity contribution is 0.145. The predicted molar refractivity (Wildman–Crippen MR) is 119 cm³/mol. The first kappa shape index (κ1) is 24.1. The van der Waals surface area contributed by atoms with Gasteiger partial charge in [0, 0.05) is 32.8 Å². The topological polar surface area (TPSA) is 97.0 Å². The molecule has 0 aromatic heterocycles. The Morgan fingerprint density at radius 2 is 2.04 bits per heavy atom. The lowest BCUT2D eigenvalue weighted by atomic mass is 10.2. The van der Waals surface area contributed by atoms with E-state index in [1.165, 1.54) is 0 Å². The summed E-state index contributed by atoms with van der Waals surface area (Å²) in [5.41, 5.74) is 6.67. The summed E-state index contributed by atoms with van der Waals surface area (Å²) in [7, 11) is -3.42. The highest BCUT2D eigenvalue weighted by atomic mass is 127. The van der Waals surface area contributed by atoms with Crippen LogP contribution in [0.25, 0.3) is 0 Å². The molecular weight excluding hydrogens is 479 g/mol. The van der Waals surface area contributed by atoms with Gasteiger partial charge in [-0.15, -0.1) is 24.0 Å². The molecule has 0 unspecified atom stereocenters. The number of nitrogens with one attached hydrogen (secondary N) is 1. The van der Waals surface area contributed by atoms with Gasteiger partial charge in [0.2, 0.25) is 10.0 Å². The van der Waals surface area contributed by atoms with Gasteiger partial charge in [-0.2, -0.15) is 4.31 Å². The van der Waals surface area contributed by atoms with Crippen molar-refractivity contribution in [3.63, 3.8) is 0 Å². The SMILES string of the molecule is CCOCCCNC(N)=NCc1cccc(S(=O)(=O)N2CCCCC2)c1.I. The number of aliphatic imine (C=N–C) groups is 1. The zero-order chi connectivity index (χ0) is 18.8. The molecule has 0 bridgehead atoms. The van der Waals surface area contributed by atoms with E-state index in [0.717, 1.165) is 31.2 Å². The quantitative estimate of drug-likeness (QED) is 0.230. The average molecular weight is 510 g/mol. The van der Waals surface area contributed by atoms with Gasteiger partial charge in [0.15, 0.2) is 5.96 Å². The number of guanidine groups is 1. The normalized spacial score (nSPS) is 16.0. The molecule has 1 heterocycles. The maximum Gasteiger partial charge on any atom is 0.243 e. The number of rotatable bonds is 9. The summed E-state index contributed by atoms with van der Waals surface area (Å²) in [4.78, 5) is 4.61. The van der Waals surface area contributed by atoms with Gasteiger partial charge >= 0.3 is 0 Å². The fourth-order valence-electron chi connectivity index (χ4n) is 2.83. The zero-order valence-corrected chi connectivity index (χ0v) is 19.0. The summed E-state index contributed by atoms with van der Waals surface area (Å²) >= 11 is 0. The van der Waals surface area contributed by atoms with Gasteiger partial charge in [-0.05, 0) is 43.9 Å². The number of nitrogens with zero attached hydrogens (tertiary/aromatic N) is 2. The van der Waals surface area contributed by atoms with Gasteiger partial charge < -0.3 is 15.8 Å². The highest BCUT2D eigenvalue weighted by molar-refractivity contribution is 14.0. The Kier molecular flexibility index (Phi) is 11.2. The van der Waals surface area contributed by atoms with Crippen LogP contribution in [-0.2, 0) is 21.3 Å². The summed E-state index contributed by atoms with van der Waals surface area (Å²) in [6, 6.07) is 6.96. The van der Waals surface area contributed by atoms with Gasteiger partial charge in [-0.3, -0.25) is 0 Å². The molecule has 1 aliphatic rings. The summed E-state index contributed by atoms with van der Waals surface area (Å²) in [5, 5.41) is 3.03. The Bertz CT molecular complexity index is 692. The molecule has 1 aromatic carbocycles. The van der Waals surface area contributed by atoms with Gasteiger partial charge in [0.1, 0.15) is 0 Å². The molecule has 7 nitrogen and oxygen atoms in total.